The molecule has 2 heterocycles. The van der Waals surface area contributed by atoms with Crippen LogP contribution in [0.15, 0.2) is 74.1 Å². The number of nitriles is 1. The summed E-state index contributed by atoms with van der Waals surface area (Å²) in [7, 11) is 0. The summed E-state index contributed by atoms with van der Waals surface area (Å²) >= 11 is 10.0. The zero-order valence-electron chi connectivity index (χ0n) is 16.2. The number of nitrogens with one attached hydrogen (secondary N) is 2. The predicted molar refractivity (Wildman–Crippen MR) is 130 cm³/mol. The number of nitrogens with zero attached hydrogens (tertiary/aromatic N) is 1. The molecule has 0 aliphatic carbocycles. The molecular formula is C23H18Br3N3O2. The summed E-state index contributed by atoms with van der Waals surface area (Å²) in [5.74, 6) is -0.232. The Bertz CT molecular complexity index is 1150. The Morgan fingerprint density at radius 2 is 1.68 bits per heavy atom. The zero-order valence-corrected chi connectivity index (χ0v) is 21.0. The Kier molecular flexibility index (Phi) is 8.41. The van der Waals surface area contributed by atoms with Crippen LogP contribution in [0.4, 0.5) is 0 Å². The number of rotatable bonds is 0. The van der Waals surface area contributed by atoms with Crippen molar-refractivity contribution in [2.75, 3.05) is 0 Å². The number of benzene rings is 3. The SMILES string of the molecule is Brc1cccc2c1CNC2.N#Cc1cccc(Br)c1.O=C1NC(O)c2cccc(Br)c21. The molecule has 1 unspecified atom stereocenters. The summed E-state index contributed by atoms with van der Waals surface area (Å²) in [5, 5.41) is 23.4. The fourth-order valence-corrected chi connectivity index (χ4v) is 4.64. The maximum atomic E-state index is 11.2. The Hall–Kier alpha value is -2.02. The molecule has 1 atom stereocenters. The number of hydrogen-bond acceptors (Lipinski definition) is 4. The lowest BCUT2D eigenvalue weighted by molar-refractivity contribution is 0.0850. The van der Waals surface area contributed by atoms with Crippen LogP contribution < -0.4 is 10.6 Å². The number of carbonyl (C=O) groups is 1. The van der Waals surface area contributed by atoms with Gasteiger partial charge in [0.05, 0.1) is 17.2 Å². The van der Waals surface area contributed by atoms with Crippen LogP contribution in [0.3, 0.4) is 0 Å². The summed E-state index contributed by atoms with van der Waals surface area (Å²) in [6.45, 7) is 2.03. The lowest BCUT2D eigenvalue weighted by Gasteiger charge is -2.01. The van der Waals surface area contributed by atoms with Crippen LogP contribution in [0.25, 0.3) is 0 Å². The van der Waals surface area contributed by atoms with Crippen LogP contribution in [0.2, 0.25) is 0 Å². The van der Waals surface area contributed by atoms with Gasteiger partial charge in [-0.1, -0.05) is 62.2 Å². The number of aliphatic hydroxyl groups is 1. The molecule has 3 N–H and O–H groups in total. The molecular weight excluding hydrogens is 590 g/mol. The van der Waals surface area contributed by atoms with Crippen LogP contribution in [0.5, 0.6) is 0 Å². The number of aliphatic hydroxyl groups excluding tert-OH is 1. The van der Waals surface area contributed by atoms with E-state index in [4.69, 9.17) is 5.26 Å². The summed E-state index contributed by atoms with van der Waals surface area (Å²) in [6.07, 6.45) is -0.856. The van der Waals surface area contributed by atoms with Crippen molar-refractivity contribution < 1.29 is 9.90 Å². The summed E-state index contributed by atoms with van der Waals surface area (Å²) < 4.78 is 2.89. The van der Waals surface area contributed by atoms with Gasteiger partial charge in [-0.05, 0) is 57.4 Å². The second kappa shape index (κ2) is 11.0. The molecule has 0 fully saturated rings. The highest BCUT2D eigenvalue weighted by Crippen LogP contribution is 2.29. The van der Waals surface area contributed by atoms with Gasteiger partial charge in [0, 0.05) is 32.1 Å². The third kappa shape index (κ3) is 6.03. The highest BCUT2D eigenvalue weighted by Gasteiger charge is 2.28. The van der Waals surface area contributed by atoms with Gasteiger partial charge in [0.2, 0.25) is 0 Å². The minimum Gasteiger partial charge on any atom is -0.369 e. The molecule has 0 bridgehead atoms. The highest BCUT2D eigenvalue weighted by molar-refractivity contribution is 9.11. The van der Waals surface area contributed by atoms with Gasteiger partial charge in [-0.15, -0.1) is 0 Å². The van der Waals surface area contributed by atoms with E-state index in [0.717, 1.165) is 17.6 Å². The lowest BCUT2D eigenvalue weighted by Crippen LogP contribution is -2.18. The Morgan fingerprint density at radius 1 is 0.968 bits per heavy atom. The van der Waals surface area contributed by atoms with Crippen LogP contribution in [-0.2, 0) is 13.1 Å². The van der Waals surface area contributed by atoms with Crippen molar-refractivity contribution in [1.29, 1.82) is 5.26 Å². The predicted octanol–water partition coefficient (Wildman–Crippen LogP) is 5.56. The first kappa shape index (κ1) is 23.6. The molecule has 0 saturated heterocycles. The molecule has 5 nitrogen and oxygen atoms in total. The molecule has 1 amide bonds. The van der Waals surface area contributed by atoms with Gasteiger partial charge < -0.3 is 15.7 Å². The van der Waals surface area contributed by atoms with E-state index >= 15 is 0 Å². The molecule has 8 heteroatoms. The molecule has 0 spiro atoms. The van der Waals surface area contributed by atoms with Crippen molar-refractivity contribution >= 4 is 53.7 Å². The van der Waals surface area contributed by atoms with E-state index in [9.17, 15) is 9.90 Å². The van der Waals surface area contributed by atoms with Gasteiger partial charge in [0.15, 0.2) is 6.23 Å². The van der Waals surface area contributed by atoms with Crippen LogP contribution >= 0.6 is 47.8 Å². The van der Waals surface area contributed by atoms with Gasteiger partial charge in [-0.3, -0.25) is 4.79 Å². The van der Waals surface area contributed by atoms with Gasteiger partial charge in [-0.2, -0.15) is 5.26 Å². The van der Waals surface area contributed by atoms with Crippen molar-refractivity contribution in [3.05, 3.63) is 102 Å². The van der Waals surface area contributed by atoms with E-state index < -0.39 is 6.23 Å². The highest BCUT2D eigenvalue weighted by atomic mass is 79.9. The van der Waals surface area contributed by atoms with Crippen molar-refractivity contribution in [2.45, 2.75) is 19.3 Å². The molecule has 0 saturated carbocycles. The van der Waals surface area contributed by atoms with Crippen molar-refractivity contribution in [3.8, 4) is 6.07 Å². The third-order valence-corrected chi connectivity index (χ3v) is 6.52. The average Bonchev–Trinajstić information content (AvgIpc) is 3.35. The Labute approximate surface area is 205 Å². The van der Waals surface area contributed by atoms with E-state index in [1.807, 2.05) is 18.2 Å². The molecule has 158 valence electrons. The first-order valence-corrected chi connectivity index (χ1v) is 11.7. The summed E-state index contributed by atoms with van der Waals surface area (Å²) in [4.78, 5) is 11.2. The molecule has 3 aromatic rings. The quantitative estimate of drug-likeness (QED) is 0.313. The Morgan fingerprint density at radius 3 is 2.32 bits per heavy atom. The van der Waals surface area contributed by atoms with E-state index in [-0.39, 0.29) is 5.91 Å². The fourth-order valence-electron chi connectivity index (χ4n) is 3.13. The first-order valence-electron chi connectivity index (χ1n) is 9.30. The largest absolute Gasteiger partial charge is 0.369 e. The normalized spacial score (nSPS) is 15.3. The zero-order chi connectivity index (χ0) is 22.4. The van der Waals surface area contributed by atoms with Crippen LogP contribution in [0, 0.1) is 11.3 Å². The summed E-state index contributed by atoms with van der Waals surface area (Å²) in [6, 6.07) is 20.9. The van der Waals surface area contributed by atoms with Gasteiger partial charge >= 0.3 is 0 Å². The maximum Gasteiger partial charge on any atom is 0.255 e. The van der Waals surface area contributed by atoms with Crippen molar-refractivity contribution in [2.24, 2.45) is 0 Å². The Balaban J connectivity index is 0.000000133. The number of amides is 1. The summed E-state index contributed by atoms with van der Waals surface area (Å²) in [5.41, 5.74) is 4.70. The fraction of sp³-hybridized carbons (Fsp3) is 0.130. The lowest BCUT2D eigenvalue weighted by atomic mass is 10.1. The van der Waals surface area contributed by atoms with E-state index in [2.05, 4.69) is 76.6 Å². The number of fused-ring (bicyclic) bond motifs is 2. The minimum absolute atomic E-state index is 0.232. The van der Waals surface area contributed by atoms with Gasteiger partial charge in [-0.25, -0.2) is 0 Å². The maximum absolute atomic E-state index is 11.2. The van der Waals surface area contributed by atoms with Gasteiger partial charge in [0.1, 0.15) is 0 Å². The van der Waals surface area contributed by atoms with E-state index in [0.29, 0.717) is 21.2 Å². The second-order valence-corrected chi connectivity index (χ2v) is 9.31. The molecule has 3 aromatic carbocycles. The molecule has 5 rings (SSSR count). The number of hydrogen-bond donors (Lipinski definition) is 3. The molecule has 2 aliphatic rings. The molecule has 0 aromatic heterocycles. The van der Waals surface area contributed by atoms with Crippen LogP contribution in [-0.4, -0.2) is 11.0 Å². The number of halogens is 3. The third-order valence-electron chi connectivity index (χ3n) is 4.62. The standard InChI is InChI=1S/C8H6BrNO2.C8H8BrN.C7H4BrN/c9-5-3-1-2-4-6(5)8(12)10-7(4)11;9-8-3-1-2-6-4-10-5-7(6)8;8-7-3-1-2-6(4-7)5-9/h1-3,7,11H,(H,10,12);1-3,10H,4-5H2;1-4H. The topological polar surface area (TPSA) is 85.2 Å². The monoisotopic (exact) mass is 605 g/mol. The molecule has 2 aliphatic heterocycles. The van der Waals surface area contributed by atoms with Crippen LogP contribution in [0.1, 0.15) is 38.8 Å². The van der Waals surface area contributed by atoms with E-state index in [1.54, 1.807) is 30.3 Å². The molecule has 31 heavy (non-hydrogen) atoms. The molecule has 0 radical (unpaired) electrons. The van der Waals surface area contributed by atoms with Crippen molar-refractivity contribution in [3.63, 3.8) is 0 Å². The smallest absolute Gasteiger partial charge is 0.255 e. The second-order valence-electron chi connectivity index (χ2n) is 6.68. The van der Waals surface area contributed by atoms with Crippen molar-refractivity contribution in [1.82, 2.24) is 10.6 Å². The first-order chi connectivity index (χ1) is 14.9. The average molecular weight is 608 g/mol. The minimum atomic E-state index is -0.856. The van der Waals surface area contributed by atoms with E-state index in [1.165, 1.54) is 15.6 Å². The van der Waals surface area contributed by atoms with Gasteiger partial charge in [0.25, 0.3) is 5.91 Å². The number of carbonyl (C=O) groups excluding carboxylic acids is 1.